The van der Waals surface area contributed by atoms with E-state index >= 15 is 0 Å². The number of pyridine rings is 1. The summed E-state index contributed by atoms with van der Waals surface area (Å²) in [6.45, 7) is 3.02. The number of fused-ring (bicyclic) bond motifs is 1. The number of morpholine rings is 1. The Morgan fingerprint density at radius 1 is 1.23 bits per heavy atom. The second kappa shape index (κ2) is 8.74. The zero-order chi connectivity index (χ0) is 22.0. The maximum atomic E-state index is 13.0. The fourth-order valence-corrected chi connectivity index (χ4v) is 5.39. The highest BCUT2D eigenvalue weighted by atomic mass is 32.2. The summed E-state index contributed by atoms with van der Waals surface area (Å²) < 4.78 is 32.6. The van der Waals surface area contributed by atoms with Crippen molar-refractivity contribution in [3.63, 3.8) is 0 Å². The van der Waals surface area contributed by atoms with Gasteiger partial charge in [0.05, 0.1) is 18.1 Å². The number of ether oxygens (including phenoxy) is 1. The topological polar surface area (TPSA) is 109 Å². The molecule has 2 aliphatic rings. The van der Waals surface area contributed by atoms with Crippen LogP contribution in [0.3, 0.4) is 0 Å². The minimum atomic E-state index is -3.66. The van der Waals surface area contributed by atoms with Crippen molar-refractivity contribution in [2.75, 3.05) is 31.2 Å². The molecule has 1 atom stereocenters. The van der Waals surface area contributed by atoms with Gasteiger partial charge in [0.2, 0.25) is 21.8 Å². The molecule has 1 aromatic carbocycles. The largest absolute Gasteiger partial charge is 0.379 e. The standard InChI is InChI=1S/C21H24N4O5S/c1-15(26)25-19-5-4-18(31(28,29)24-7-9-30-10-8-24)11-17(19)12-20(25)21(27)23-14-16-3-2-6-22-13-16/h2-6,11,13,20H,7-10,12,14H2,1H3,(H,23,27). The summed E-state index contributed by atoms with van der Waals surface area (Å²) in [5.41, 5.74) is 2.07. The molecule has 1 fully saturated rings. The SMILES string of the molecule is CC(=O)N1c2ccc(S(=O)(=O)N3CCOCC3)cc2CC1C(=O)NCc1cccnc1. The van der Waals surface area contributed by atoms with Gasteiger partial charge in [0.1, 0.15) is 6.04 Å². The molecule has 1 saturated heterocycles. The molecule has 4 rings (SSSR count). The fourth-order valence-electron chi connectivity index (χ4n) is 3.93. The van der Waals surface area contributed by atoms with E-state index in [0.717, 1.165) is 5.56 Å². The van der Waals surface area contributed by atoms with E-state index in [9.17, 15) is 18.0 Å². The zero-order valence-corrected chi connectivity index (χ0v) is 18.0. The molecule has 164 valence electrons. The van der Waals surface area contributed by atoms with Crippen molar-refractivity contribution in [1.29, 1.82) is 0 Å². The van der Waals surface area contributed by atoms with Crippen molar-refractivity contribution in [3.8, 4) is 0 Å². The Hall–Kier alpha value is -2.82. The van der Waals surface area contributed by atoms with Gasteiger partial charge in [-0.25, -0.2) is 8.42 Å². The second-order valence-corrected chi connectivity index (χ2v) is 9.43. The third-order valence-electron chi connectivity index (χ3n) is 5.47. The van der Waals surface area contributed by atoms with Crippen LogP contribution in [0.15, 0.2) is 47.6 Å². The predicted octanol–water partition coefficient (Wildman–Crippen LogP) is 0.697. The van der Waals surface area contributed by atoms with Crippen molar-refractivity contribution < 1.29 is 22.7 Å². The van der Waals surface area contributed by atoms with E-state index in [1.807, 2.05) is 6.07 Å². The van der Waals surface area contributed by atoms with Crippen LogP contribution in [-0.4, -0.2) is 61.9 Å². The first-order valence-electron chi connectivity index (χ1n) is 10.0. The maximum absolute atomic E-state index is 13.0. The maximum Gasteiger partial charge on any atom is 0.243 e. The lowest BCUT2D eigenvalue weighted by molar-refractivity contribution is -0.125. The van der Waals surface area contributed by atoms with Gasteiger partial charge < -0.3 is 10.1 Å². The second-order valence-electron chi connectivity index (χ2n) is 7.49. The molecule has 1 N–H and O–H groups in total. The van der Waals surface area contributed by atoms with E-state index in [2.05, 4.69) is 10.3 Å². The molecule has 0 spiro atoms. The van der Waals surface area contributed by atoms with Crippen LogP contribution in [0.2, 0.25) is 0 Å². The summed E-state index contributed by atoms with van der Waals surface area (Å²) in [7, 11) is -3.66. The normalized spacial score (nSPS) is 19.1. The van der Waals surface area contributed by atoms with Gasteiger partial charge in [-0.05, 0) is 35.4 Å². The Bertz CT molecular complexity index is 1080. The van der Waals surface area contributed by atoms with Gasteiger partial charge in [0, 0.05) is 51.1 Å². The molecule has 1 aromatic heterocycles. The first-order valence-corrected chi connectivity index (χ1v) is 11.5. The average molecular weight is 445 g/mol. The molecule has 2 aliphatic heterocycles. The summed E-state index contributed by atoms with van der Waals surface area (Å²) in [6, 6.07) is 7.58. The van der Waals surface area contributed by atoms with E-state index < -0.39 is 16.1 Å². The molecule has 1 unspecified atom stereocenters. The highest BCUT2D eigenvalue weighted by molar-refractivity contribution is 7.89. The number of hydrogen-bond donors (Lipinski definition) is 1. The van der Waals surface area contributed by atoms with Crippen molar-refractivity contribution >= 4 is 27.5 Å². The number of rotatable bonds is 5. The highest BCUT2D eigenvalue weighted by Crippen LogP contribution is 2.35. The number of nitrogens with zero attached hydrogens (tertiary/aromatic N) is 3. The number of hydrogen-bond acceptors (Lipinski definition) is 6. The first kappa shape index (κ1) is 21.4. The van der Waals surface area contributed by atoms with Crippen molar-refractivity contribution in [1.82, 2.24) is 14.6 Å². The fraction of sp³-hybridized carbons (Fsp3) is 0.381. The first-order chi connectivity index (χ1) is 14.9. The van der Waals surface area contributed by atoms with Gasteiger partial charge in [-0.3, -0.25) is 19.5 Å². The summed E-state index contributed by atoms with van der Waals surface area (Å²) in [6.07, 6.45) is 3.56. The number of aromatic nitrogens is 1. The number of anilines is 1. The summed E-state index contributed by atoms with van der Waals surface area (Å²) in [5.74, 6) is -0.572. The van der Waals surface area contributed by atoms with Crippen molar-refractivity contribution in [3.05, 3.63) is 53.9 Å². The van der Waals surface area contributed by atoms with Gasteiger partial charge in [0.15, 0.2) is 0 Å². The molecule has 10 heteroatoms. The lowest BCUT2D eigenvalue weighted by Gasteiger charge is -2.26. The van der Waals surface area contributed by atoms with Gasteiger partial charge in [0.25, 0.3) is 0 Å². The predicted molar refractivity (Wildman–Crippen MR) is 113 cm³/mol. The molecule has 0 aliphatic carbocycles. The Morgan fingerprint density at radius 3 is 2.68 bits per heavy atom. The van der Waals surface area contributed by atoms with Gasteiger partial charge in [-0.15, -0.1) is 0 Å². The molecule has 3 heterocycles. The number of nitrogens with one attached hydrogen (secondary N) is 1. The van der Waals surface area contributed by atoms with Gasteiger partial charge >= 0.3 is 0 Å². The smallest absolute Gasteiger partial charge is 0.243 e. The van der Waals surface area contributed by atoms with Crippen LogP contribution in [0.5, 0.6) is 0 Å². The van der Waals surface area contributed by atoms with Crippen molar-refractivity contribution in [2.45, 2.75) is 30.8 Å². The van der Waals surface area contributed by atoms with Crippen LogP contribution in [0, 0.1) is 0 Å². The molecule has 0 radical (unpaired) electrons. The quantitative estimate of drug-likeness (QED) is 0.727. The Kier molecular flexibility index (Phi) is 6.03. The number of carbonyl (C=O) groups excluding carboxylic acids is 2. The lowest BCUT2D eigenvalue weighted by Crippen LogP contribution is -2.47. The molecule has 0 bridgehead atoms. The monoisotopic (exact) mass is 444 g/mol. The van der Waals surface area contributed by atoms with Crippen LogP contribution in [0.1, 0.15) is 18.1 Å². The van der Waals surface area contributed by atoms with E-state index in [1.54, 1.807) is 30.6 Å². The zero-order valence-electron chi connectivity index (χ0n) is 17.2. The summed E-state index contributed by atoms with van der Waals surface area (Å²) in [5, 5.41) is 2.84. The number of amides is 2. The molecule has 2 amide bonds. The number of benzene rings is 1. The molecular formula is C21H24N4O5S. The van der Waals surface area contributed by atoms with Crippen LogP contribution in [0.4, 0.5) is 5.69 Å². The van der Waals surface area contributed by atoms with Crippen LogP contribution in [0.25, 0.3) is 0 Å². The molecule has 2 aromatic rings. The Labute approximate surface area is 181 Å². The van der Waals surface area contributed by atoms with E-state index in [4.69, 9.17) is 4.74 Å². The summed E-state index contributed by atoms with van der Waals surface area (Å²) in [4.78, 5) is 30.8. The van der Waals surface area contributed by atoms with E-state index in [0.29, 0.717) is 44.1 Å². The highest BCUT2D eigenvalue weighted by Gasteiger charge is 2.38. The minimum absolute atomic E-state index is 0.160. The van der Waals surface area contributed by atoms with Crippen LogP contribution < -0.4 is 10.2 Å². The third kappa shape index (κ3) is 4.32. The number of carbonyl (C=O) groups is 2. The van der Waals surface area contributed by atoms with Gasteiger partial charge in [-0.1, -0.05) is 6.07 Å². The lowest BCUT2D eigenvalue weighted by atomic mass is 10.1. The third-order valence-corrected chi connectivity index (χ3v) is 7.37. The van der Waals surface area contributed by atoms with E-state index in [1.165, 1.54) is 22.2 Å². The molecular weight excluding hydrogens is 420 g/mol. The van der Waals surface area contributed by atoms with Crippen LogP contribution >= 0.6 is 0 Å². The molecule has 0 saturated carbocycles. The van der Waals surface area contributed by atoms with Crippen LogP contribution in [-0.2, 0) is 37.3 Å². The van der Waals surface area contributed by atoms with Crippen molar-refractivity contribution in [2.24, 2.45) is 0 Å². The Morgan fingerprint density at radius 2 is 2.00 bits per heavy atom. The number of sulfonamides is 1. The Balaban J connectivity index is 1.55. The van der Waals surface area contributed by atoms with Gasteiger partial charge in [-0.2, -0.15) is 4.31 Å². The molecule has 9 nitrogen and oxygen atoms in total. The molecule has 31 heavy (non-hydrogen) atoms. The summed E-state index contributed by atoms with van der Waals surface area (Å²) >= 11 is 0. The minimum Gasteiger partial charge on any atom is -0.379 e. The van der Waals surface area contributed by atoms with E-state index in [-0.39, 0.29) is 23.1 Å². The average Bonchev–Trinajstić information content (AvgIpc) is 3.18.